The third kappa shape index (κ3) is 3.06. The van der Waals surface area contributed by atoms with Crippen LogP contribution in [0.15, 0.2) is 30.6 Å². The van der Waals surface area contributed by atoms with Gasteiger partial charge in [-0.25, -0.2) is 9.13 Å². The Morgan fingerprint density at radius 3 is 2.09 bits per heavy atom. The number of carbonyl (C=O) groups is 1. The van der Waals surface area contributed by atoms with Gasteiger partial charge < -0.3 is 5.32 Å². The van der Waals surface area contributed by atoms with Gasteiger partial charge in [0.25, 0.3) is 0 Å². The van der Waals surface area contributed by atoms with Crippen LogP contribution in [0.2, 0.25) is 0 Å². The van der Waals surface area contributed by atoms with Gasteiger partial charge in [-0.05, 0) is 23.0 Å². The highest BCUT2D eigenvalue weighted by Crippen LogP contribution is 2.32. The van der Waals surface area contributed by atoms with Crippen molar-refractivity contribution in [3.63, 3.8) is 0 Å². The van der Waals surface area contributed by atoms with Gasteiger partial charge in [-0.1, -0.05) is 45.9 Å². The second-order valence-electron chi connectivity index (χ2n) is 6.42. The highest BCUT2D eigenvalue weighted by molar-refractivity contribution is 6.02. The fourth-order valence-corrected chi connectivity index (χ4v) is 2.78. The zero-order valence-corrected chi connectivity index (χ0v) is 14.3. The van der Waals surface area contributed by atoms with Gasteiger partial charge in [-0.3, -0.25) is 4.79 Å². The number of nitrogens with zero attached hydrogens (tertiary/aromatic N) is 2. The fourth-order valence-electron chi connectivity index (χ4n) is 2.78. The maximum atomic E-state index is 12.7. The average Bonchev–Trinajstić information content (AvgIpc) is 2.77. The summed E-state index contributed by atoms with van der Waals surface area (Å²) in [6.07, 6.45) is 3.76. The predicted octanol–water partition coefficient (Wildman–Crippen LogP) is 3.35. The van der Waals surface area contributed by atoms with Gasteiger partial charge in [0.15, 0.2) is 0 Å². The lowest BCUT2D eigenvalue weighted by Gasteiger charge is -2.19. The van der Waals surface area contributed by atoms with Crippen LogP contribution < -0.4 is 9.88 Å². The van der Waals surface area contributed by atoms with Crippen molar-refractivity contribution in [1.29, 1.82) is 0 Å². The van der Waals surface area contributed by atoms with Gasteiger partial charge in [0, 0.05) is 5.69 Å². The average molecular weight is 300 g/mol. The van der Waals surface area contributed by atoms with Gasteiger partial charge in [-0.2, -0.15) is 0 Å². The van der Waals surface area contributed by atoms with Gasteiger partial charge in [0.1, 0.15) is 12.4 Å². The van der Waals surface area contributed by atoms with Crippen molar-refractivity contribution < 1.29 is 9.36 Å². The number of imidazole rings is 1. The van der Waals surface area contributed by atoms with E-state index < -0.39 is 0 Å². The Kier molecular flexibility index (Phi) is 4.69. The summed E-state index contributed by atoms with van der Waals surface area (Å²) in [5.41, 5.74) is 3.31. The summed E-state index contributed by atoms with van der Waals surface area (Å²) in [6.45, 7) is 8.60. The molecule has 0 saturated heterocycles. The van der Waals surface area contributed by atoms with Crippen LogP contribution in [0.1, 0.15) is 61.3 Å². The molecule has 1 amide bonds. The molecule has 2 aromatic rings. The number of aryl methyl sites for hydroxylation is 2. The number of hydrogen-bond acceptors (Lipinski definition) is 1. The van der Waals surface area contributed by atoms with E-state index in [9.17, 15) is 4.79 Å². The molecule has 118 valence electrons. The molecule has 0 unspecified atom stereocenters. The molecule has 1 N–H and O–H groups in total. The van der Waals surface area contributed by atoms with E-state index in [1.807, 2.05) is 35.6 Å². The topological polar surface area (TPSA) is 37.9 Å². The van der Waals surface area contributed by atoms with Crippen molar-refractivity contribution in [2.24, 2.45) is 14.1 Å². The summed E-state index contributed by atoms with van der Waals surface area (Å²) < 4.78 is 3.67. The van der Waals surface area contributed by atoms with Gasteiger partial charge in [0.05, 0.1) is 14.1 Å². The maximum Gasteiger partial charge on any atom is 0.347 e. The lowest BCUT2D eigenvalue weighted by Crippen LogP contribution is -2.37. The number of anilines is 1. The van der Waals surface area contributed by atoms with Gasteiger partial charge in [-0.15, -0.1) is 0 Å². The first-order valence-electron chi connectivity index (χ1n) is 7.78. The molecule has 0 aliphatic carbocycles. The predicted molar refractivity (Wildman–Crippen MR) is 89.2 cm³/mol. The number of para-hydroxylation sites is 1. The smallest absolute Gasteiger partial charge is 0.315 e. The second-order valence-corrected chi connectivity index (χ2v) is 6.42. The van der Waals surface area contributed by atoms with E-state index in [1.54, 1.807) is 0 Å². The molecule has 0 aliphatic rings. The lowest BCUT2D eigenvalue weighted by molar-refractivity contribution is -0.672. The molecule has 0 atom stereocenters. The minimum absolute atomic E-state index is 0.0787. The Morgan fingerprint density at radius 2 is 1.68 bits per heavy atom. The van der Waals surface area contributed by atoms with Crippen molar-refractivity contribution in [2.45, 2.75) is 39.5 Å². The molecule has 0 saturated carbocycles. The van der Waals surface area contributed by atoms with Crippen LogP contribution in [0, 0.1) is 0 Å². The standard InChI is InChI=1S/C18H25N3O/c1-12(2)14-8-7-9-15(13(3)4)16(14)19-17(22)18-20(5)10-11-21(18)6/h7-13H,1-6H3/p+1. The minimum Gasteiger partial charge on any atom is -0.315 e. The zero-order chi connectivity index (χ0) is 16.4. The second kappa shape index (κ2) is 6.34. The molecule has 1 aromatic heterocycles. The third-order valence-electron chi connectivity index (χ3n) is 4.00. The zero-order valence-electron chi connectivity index (χ0n) is 14.3. The Bertz CT molecular complexity index is 638. The van der Waals surface area contributed by atoms with Crippen LogP contribution >= 0.6 is 0 Å². The first-order chi connectivity index (χ1) is 10.3. The van der Waals surface area contributed by atoms with E-state index in [4.69, 9.17) is 0 Å². The molecular formula is C18H26N3O+. The van der Waals surface area contributed by atoms with E-state index in [0.717, 1.165) is 5.69 Å². The van der Waals surface area contributed by atoms with E-state index in [2.05, 4.69) is 51.2 Å². The fraction of sp³-hybridized carbons (Fsp3) is 0.444. The molecule has 0 bridgehead atoms. The minimum atomic E-state index is -0.0787. The highest BCUT2D eigenvalue weighted by Gasteiger charge is 2.24. The van der Waals surface area contributed by atoms with Gasteiger partial charge >= 0.3 is 11.7 Å². The molecule has 0 spiro atoms. The molecule has 0 radical (unpaired) electrons. The number of carbonyl (C=O) groups excluding carboxylic acids is 1. The van der Waals surface area contributed by atoms with Crippen LogP contribution in [0.25, 0.3) is 0 Å². The number of rotatable bonds is 4. The maximum absolute atomic E-state index is 12.7. The Balaban J connectivity index is 2.46. The normalized spacial score (nSPS) is 11.3. The largest absolute Gasteiger partial charge is 0.347 e. The Morgan fingerprint density at radius 1 is 1.14 bits per heavy atom. The summed E-state index contributed by atoms with van der Waals surface area (Å²) in [4.78, 5) is 12.7. The first-order valence-corrected chi connectivity index (χ1v) is 7.78. The SMILES string of the molecule is CC(C)c1cccc(C(C)C)c1NC(=O)c1n(C)cc[n+]1C. The van der Waals surface area contributed by atoms with Crippen molar-refractivity contribution in [1.82, 2.24) is 4.57 Å². The number of nitrogens with one attached hydrogen (secondary N) is 1. The first kappa shape index (κ1) is 16.3. The molecule has 1 heterocycles. The van der Waals surface area contributed by atoms with Crippen molar-refractivity contribution >= 4 is 11.6 Å². The van der Waals surface area contributed by atoms with Crippen molar-refractivity contribution in [2.75, 3.05) is 5.32 Å². The summed E-state index contributed by atoms with van der Waals surface area (Å²) in [7, 11) is 3.76. The van der Waals surface area contributed by atoms with Crippen molar-refractivity contribution in [3.8, 4) is 0 Å². The van der Waals surface area contributed by atoms with E-state index >= 15 is 0 Å². The van der Waals surface area contributed by atoms with Crippen molar-refractivity contribution in [3.05, 3.63) is 47.5 Å². The third-order valence-corrected chi connectivity index (χ3v) is 4.00. The number of benzene rings is 1. The number of hydrogen-bond donors (Lipinski definition) is 1. The monoisotopic (exact) mass is 300 g/mol. The molecule has 0 aliphatic heterocycles. The van der Waals surface area contributed by atoms with E-state index in [1.165, 1.54) is 11.1 Å². The quantitative estimate of drug-likeness (QED) is 0.864. The summed E-state index contributed by atoms with van der Waals surface area (Å²) >= 11 is 0. The molecule has 22 heavy (non-hydrogen) atoms. The number of amides is 1. The van der Waals surface area contributed by atoms with Crippen LogP contribution in [0.4, 0.5) is 5.69 Å². The van der Waals surface area contributed by atoms with E-state index in [0.29, 0.717) is 17.7 Å². The molecule has 0 fully saturated rings. The van der Waals surface area contributed by atoms with E-state index in [-0.39, 0.29) is 5.91 Å². The molecule has 1 aromatic carbocycles. The molecule has 4 nitrogen and oxygen atoms in total. The van der Waals surface area contributed by atoms with Crippen LogP contribution in [-0.2, 0) is 14.1 Å². The van der Waals surface area contributed by atoms with Gasteiger partial charge in [0.2, 0.25) is 0 Å². The molecular weight excluding hydrogens is 274 g/mol. The van der Waals surface area contributed by atoms with Crippen LogP contribution in [0.5, 0.6) is 0 Å². The van der Waals surface area contributed by atoms with Crippen LogP contribution in [-0.4, -0.2) is 10.5 Å². The molecule has 2 rings (SSSR count). The summed E-state index contributed by atoms with van der Waals surface area (Å²) in [5, 5.41) is 3.15. The highest BCUT2D eigenvalue weighted by atomic mass is 16.2. The molecule has 4 heteroatoms. The van der Waals surface area contributed by atoms with Crippen LogP contribution in [0.3, 0.4) is 0 Å². The Labute approximate surface area is 132 Å². The number of aromatic nitrogens is 2. The Hall–Kier alpha value is -2.10. The lowest BCUT2D eigenvalue weighted by atomic mass is 9.92. The summed E-state index contributed by atoms with van der Waals surface area (Å²) in [5.74, 6) is 1.27. The summed E-state index contributed by atoms with van der Waals surface area (Å²) in [6, 6.07) is 6.26.